The van der Waals surface area contributed by atoms with Crippen LogP contribution in [0, 0.1) is 10.1 Å². The Balaban J connectivity index is 1.99. The Morgan fingerprint density at radius 2 is 2.42 bits per heavy atom. The SMILES string of the molecule is NC[C@@H]1CCCN1c1nc2cc([N+](=O)[O-])ccc2o1. The standard InChI is InChI=1S/C12H14N4O3/c13-7-9-2-1-5-15(9)12-14-10-6-8(16(17)18)3-4-11(10)19-12/h3-4,6,9H,1-2,5,7,13H2/t9-/m0/s1. The molecule has 0 aliphatic carbocycles. The zero-order valence-corrected chi connectivity index (χ0v) is 10.3. The molecule has 1 aliphatic rings. The third kappa shape index (κ3) is 2.01. The largest absolute Gasteiger partial charge is 0.423 e. The van der Waals surface area contributed by atoms with E-state index in [1.54, 1.807) is 6.07 Å². The lowest BCUT2D eigenvalue weighted by Crippen LogP contribution is -2.35. The fourth-order valence-electron chi connectivity index (χ4n) is 2.47. The first-order valence-corrected chi connectivity index (χ1v) is 6.21. The number of benzene rings is 1. The van der Waals surface area contributed by atoms with E-state index in [-0.39, 0.29) is 11.7 Å². The fraction of sp³-hybridized carbons (Fsp3) is 0.417. The lowest BCUT2D eigenvalue weighted by atomic mass is 10.2. The molecule has 2 aromatic rings. The number of rotatable bonds is 3. The van der Waals surface area contributed by atoms with Gasteiger partial charge in [-0.15, -0.1) is 0 Å². The van der Waals surface area contributed by atoms with Crippen molar-refractivity contribution in [1.29, 1.82) is 0 Å². The van der Waals surface area contributed by atoms with Crippen molar-refractivity contribution < 1.29 is 9.34 Å². The monoisotopic (exact) mass is 262 g/mol. The zero-order valence-electron chi connectivity index (χ0n) is 10.3. The number of anilines is 1. The van der Waals surface area contributed by atoms with Gasteiger partial charge in [-0.1, -0.05) is 0 Å². The molecular weight excluding hydrogens is 248 g/mol. The molecule has 0 unspecified atom stereocenters. The molecule has 19 heavy (non-hydrogen) atoms. The molecule has 1 aliphatic heterocycles. The summed E-state index contributed by atoms with van der Waals surface area (Å²) in [7, 11) is 0. The Labute approximate surface area is 109 Å². The molecule has 0 amide bonds. The van der Waals surface area contributed by atoms with Crippen molar-refractivity contribution in [3.05, 3.63) is 28.3 Å². The highest BCUT2D eigenvalue weighted by Gasteiger charge is 2.27. The van der Waals surface area contributed by atoms with E-state index >= 15 is 0 Å². The van der Waals surface area contributed by atoms with Crippen LogP contribution >= 0.6 is 0 Å². The lowest BCUT2D eigenvalue weighted by molar-refractivity contribution is -0.384. The summed E-state index contributed by atoms with van der Waals surface area (Å²) in [6.45, 7) is 1.41. The predicted octanol–water partition coefficient (Wildman–Crippen LogP) is 1.66. The van der Waals surface area contributed by atoms with Crippen LogP contribution in [0.3, 0.4) is 0 Å². The Kier molecular flexibility index (Phi) is 2.83. The van der Waals surface area contributed by atoms with Gasteiger partial charge in [0.1, 0.15) is 5.52 Å². The Hall–Kier alpha value is -2.15. The summed E-state index contributed by atoms with van der Waals surface area (Å²) in [4.78, 5) is 16.7. The second-order valence-electron chi connectivity index (χ2n) is 4.63. The number of oxazole rings is 1. The highest BCUT2D eigenvalue weighted by atomic mass is 16.6. The molecule has 7 nitrogen and oxygen atoms in total. The van der Waals surface area contributed by atoms with E-state index in [0.717, 1.165) is 19.4 Å². The first-order valence-electron chi connectivity index (χ1n) is 6.21. The van der Waals surface area contributed by atoms with Crippen LogP contribution in [-0.4, -0.2) is 29.0 Å². The lowest BCUT2D eigenvalue weighted by Gasteiger charge is -2.20. The molecule has 0 saturated carbocycles. The maximum Gasteiger partial charge on any atom is 0.298 e. The van der Waals surface area contributed by atoms with Crippen LogP contribution < -0.4 is 10.6 Å². The van der Waals surface area contributed by atoms with E-state index in [1.807, 2.05) is 4.90 Å². The summed E-state index contributed by atoms with van der Waals surface area (Å²) in [5.41, 5.74) is 6.80. The van der Waals surface area contributed by atoms with Gasteiger partial charge in [-0.3, -0.25) is 10.1 Å². The number of non-ortho nitro benzene ring substituents is 1. The van der Waals surface area contributed by atoms with Crippen molar-refractivity contribution in [3.63, 3.8) is 0 Å². The molecule has 0 spiro atoms. The number of nitro benzene ring substituents is 1. The number of fused-ring (bicyclic) bond motifs is 1. The number of nitrogens with two attached hydrogens (primary N) is 1. The van der Waals surface area contributed by atoms with Gasteiger partial charge in [0.2, 0.25) is 0 Å². The van der Waals surface area contributed by atoms with Crippen molar-refractivity contribution in [3.8, 4) is 0 Å². The van der Waals surface area contributed by atoms with Gasteiger partial charge in [-0.05, 0) is 18.9 Å². The van der Waals surface area contributed by atoms with Gasteiger partial charge in [0.25, 0.3) is 11.7 Å². The van der Waals surface area contributed by atoms with Gasteiger partial charge >= 0.3 is 0 Å². The number of hydrogen-bond donors (Lipinski definition) is 1. The Bertz CT molecular complexity index is 624. The second-order valence-corrected chi connectivity index (χ2v) is 4.63. The molecule has 3 rings (SSSR count). The minimum atomic E-state index is -0.438. The van der Waals surface area contributed by atoms with E-state index in [0.29, 0.717) is 23.7 Å². The Morgan fingerprint density at radius 3 is 3.16 bits per heavy atom. The maximum absolute atomic E-state index is 10.7. The van der Waals surface area contributed by atoms with Crippen molar-refractivity contribution in [2.24, 2.45) is 5.73 Å². The van der Waals surface area contributed by atoms with Crippen molar-refractivity contribution >= 4 is 22.8 Å². The number of hydrogen-bond acceptors (Lipinski definition) is 6. The van der Waals surface area contributed by atoms with Crippen molar-refractivity contribution in [1.82, 2.24) is 4.98 Å². The van der Waals surface area contributed by atoms with Crippen LogP contribution in [0.15, 0.2) is 22.6 Å². The quantitative estimate of drug-likeness (QED) is 0.667. The van der Waals surface area contributed by atoms with Gasteiger partial charge < -0.3 is 15.1 Å². The molecule has 1 aromatic carbocycles. The summed E-state index contributed by atoms with van der Waals surface area (Å²) in [5.74, 6) is 0. The molecule has 2 N–H and O–H groups in total. The number of aromatic nitrogens is 1. The van der Waals surface area contributed by atoms with Gasteiger partial charge in [-0.25, -0.2) is 0 Å². The molecular formula is C12H14N4O3. The average molecular weight is 262 g/mol. The summed E-state index contributed by atoms with van der Waals surface area (Å²) in [5, 5.41) is 10.7. The third-order valence-corrected chi connectivity index (χ3v) is 3.47. The average Bonchev–Trinajstić information content (AvgIpc) is 3.03. The van der Waals surface area contributed by atoms with Crippen LogP contribution in [0.1, 0.15) is 12.8 Å². The summed E-state index contributed by atoms with van der Waals surface area (Å²) < 4.78 is 5.66. The van der Waals surface area contributed by atoms with Crippen LogP contribution in [0.25, 0.3) is 11.1 Å². The van der Waals surface area contributed by atoms with Crippen LogP contribution in [0.5, 0.6) is 0 Å². The molecule has 100 valence electrons. The number of nitrogens with zero attached hydrogens (tertiary/aromatic N) is 3. The second kappa shape index (κ2) is 4.51. The minimum Gasteiger partial charge on any atom is -0.423 e. The van der Waals surface area contributed by atoms with E-state index in [4.69, 9.17) is 10.2 Å². The van der Waals surface area contributed by atoms with E-state index < -0.39 is 4.92 Å². The summed E-state index contributed by atoms with van der Waals surface area (Å²) in [6.07, 6.45) is 2.08. The minimum absolute atomic E-state index is 0.0177. The van der Waals surface area contributed by atoms with Crippen LogP contribution in [0.2, 0.25) is 0 Å². The van der Waals surface area contributed by atoms with E-state index in [2.05, 4.69) is 4.98 Å². The molecule has 0 bridgehead atoms. The van der Waals surface area contributed by atoms with E-state index in [9.17, 15) is 10.1 Å². The Morgan fingerprint density at radius 1 is 1.58 bits per heavy atom. The summed E-state index contributed by atoms with van der Waals surface area (Å²) in [6, 6.07) is 5.17. The number of nitro groups is 1. The van der Waals surface area contributed by atoms with Crippen LogP contribution in [-0.2, 0) is 0 Å². The highest BCUT2D eigenvalue weighted by Crippen LogP contribution is 2.29. The first-order chi connectivity index (χ1) is 9.19. The van der Waals surface area contributed by atoms with E-state index in [1.165, 1.54) is 12.1 Å². The normalized spacial score (nSPS) is 19.2. The first kappa shape index (κ1) is 11.9. The molecule has 1 aromatic heterocycles. The molecule has 2 heterocycles. The smallest absolute Gasteiger partial charge is 0.298 e. The van der Waals surface area contributed by atoms with Crippen molar-refractivity contribution in [2.75, 3.05) is 18.0 Å². The maximum atomic E-state index is 10.7. The fourth-order valence-corrected chi connectivity index (χ4v) is 2.47. The molecule has 0 radical (unpaired) electrons. The molecule has 1 saturated heterocycles. The van der Waals surface area contributed by atoms with Crippen molar-refractivity contribution in [2.45, 2.75) is 18.9 Å². The zero-order chi connectivity index (χ0) is 13.4. The predicted molar refractivity (Wildman–Crippen MR) is 70.1 cm³/mol. The highest BCUT2D eigenvalue weighted by molar-refractivity contribution is 5.77. The topological polar surface area (TPSA) is 98.4 Å². The van der Waals surface area contributed by atoms with Gasteiger partial charge in [0.05, 0.1) is 4.92 Å². The van der Waals surface area contributed by atoms with Gasteiger partial charge in [0, 0.05) is 31.3 Å². The van der Waals surface area contributed by atoms with Gasteiger partial charge in [0.15, 0.2) is 5.58 Å². The summed E-state index contributed by atoms with van der Waals surface area (Å²) >= 11 is 0. The van der Waals surface area contributed by atoms with Crippen LogP contribution in [0.4, 0.5) is 11.7 Å². The molecule has 7 heteroatoms. The third-order valence-electron chi connectivity index (χ3n) is 3.47. The molecule has 1 atom stereocenters. The van der Waals surface area contributed by atoms with Gasteiger partial charge in [-0.2, -0.15) is 4.98 Å². The molecule has 1 fully saturated rings.